The van der Waals surface area contributed by atoms with Gasteiger partial charge in [0.05, 0.1) is 0 Å². The van der Waals surface area contributed by atoms with Crippen LogP contribution in [0.4, 0.5) is 0 Å². The Morgan fingerprint density at radius 3 is 0.792 bits per heavy atom. The van der Waals surface area contributed by atoms with Gasteiger partial charge >= 0.3 is 17.9 Å². The first-order valence-electron chi connectivity index (χ1n) is 30.3. The number of ether oxygens (including phenoxy) is 3. The molecule has 1 unspecified atom stereocenters. The van der Waals surface area contributed by atoms with Crippen LogP contribution in [0.3, 0.4) is 0 Å². The summed E-state index contributed by atoms with van der Waals surface area (Å²) in [5, 5.41) is 0. The maximum atomic E-state index is 12.9. The monoisotopic (exact) mass is 1060 g/mol. The Kier molecular flexibility index (Phi) is 58.6. The van der Waals surface area contributed by atoms with Crippen LogP contribution < -0.4 is 0 Å². The average Bonchev–Trinajstić information content (AvgIpc) is 3.43. The third kappa shape index (κ3) is 61.2. The van der Waals surface area contributed by atoms with Gasteiger partial charge in [-0.05, 0) is 148 Å². The molecule has 428 valence electrons. The van der Waals surface area contributed by atoms with Crippen LogP contribution >= 0.6 is 0 Å². The molecule has 0 aromatic rings. The van der Waals surface area contributed by atoms with E-state index in [1.807, 2.05) is 0 Å². The van der Waals surface area contributed by atoms with Crippen LogP contribution in [0.15, 0.2) is 182 Å². The van der Waals surface area contributed by atoms with Gasteiger partial charge < -0.3 is 14.2 Å². The van der Waals surface area contributed by atoms with Crippen molar-refractivity contribution >= 4 is 17.9 Å². The van der Waals surface area contributed by atoms with Crippen molar-refractivity contribution in [2.75, 3.05) is 13.2 Å². The smallest absolute Gasteiger partial charge is 0.306 e. The van der Waals surface area contributed by atoms with Gasteiger partial charge in [0, 0.05) is 19.3 Å². The Bertz CT molecular complexity index is 1840. The summed E-state index contributed by atoms with van der Waals surface area (Å²) in [7, 11) is 0. The molecule has 0 radical (unpaired) electrons. The van der Waals surface area contributed by atoms with E-state index in [0.29, 0.717) is 19.3 Å². The van der Waals surface area contributed by atoms with Crippen LogP contribution in [0.2, 0.25) is 0 Å². The maximum Gasteiger partial charge on any atom is 0.306 e. The van der Waals surface area contributed by atoms with Crippen molar-refractivity contribution in [3.8, 4) is 0 Å². The lowest BCUT2D eigenvalue weighted by Crippen LogP contribution is -2.30. The van der Waals surface area contributed by atoms with E-state index in [0.717, 1.165) is 154 Å². The summed E-state index contributed by atoms with van der Waals surface area (Å²) in [6.45, 7) is 6.20. The molecular weight excluding hydrogens is 949 g/mol. The van der Waals surface area contributed by atoms with E-state index in [1.54, 1.807) is 0 Å². The van der Waals surface area contributed by atoms with E-state index in [-0.39, 0.29) is 44.0 Å². The molecule has 0 aromatic carbocycles. The van der Waals surface area contributed by atoms with Gasteiger partial charge in [0.15, 0.2) is 6.10 Å². The lowest BCUT2D eigenvalue weighted by atomic mass is 10.1. The molecular formula is C71H108O6. The van der Waals surface area contributed by atoms with Crippen molar-refractivity contribution in [3.63, 3.8) is 0 Å². The molecule has 0 saturated heterocycles. The molecule has 0 aliphatic rings. The fraction of sp³-hybridized carbons (Fsp3) is 0.535. The number of rotatable bonds is 52. The van der Waals surface area contributed by atoms with E-state index >= 15 is 0 Å². The first kappa shape index (κ1) is 71.5. The minimum atomic E-state index is -0.836. The molecule has 0 bridgehead atoms. The van der Waals surface area contributed by atoms with Gasteiger partial charge in [-0.2, -0.15) is 0 Å². The van der Waals surface area contributed by atoms with Crippen LogP contribution in [-0.2, 0) is 28.6 Å². The number of hydrogen-bond acceptors (Lipinski definition) is 6. The Labute approximate surface area is 472 Å². The second-order valence-electron chi connectivity index (χ2n) is 19.1. The topological polar surface area (TPSA) is 78.9 Å². The number of unbranched alkanes of at least 4 members (excludes halogenated alkanes) is 11. The van der Waals surface area contributed by atoms with Crippen LogP contribution in [-0.4, -0.2) is 37.2 Å². The molecule has 77 heavy (non-hydrogen) atoms. The van der Waals surface area contributed by atoms with E-state index in [1.165, 1.54) is 19.3 Å². The number of carbonyl (C=O) groups excluding carboxylic acids is 3. The summed E-state index contributed by atoms with van der Waals surface area (Å²) in [5.41, 5.74) is 0. The quantitative estimate of drug-likeness (QED) is 0.0261. The molecule has 0 N–H and O–H groups in total. The highest BCUT2D eigenvalue weighted by atomic mass is 16.6. The first-order chi connectivity index (χ1) is 38.0. The van der Waals surface area contributed by atoms with Crippen LogP contribution in [0.25, 0.3) is 0 Å². The first-order valence-corrected chi connectivity index (χ1v) is 30.3. The predicted octanol–water partition coefficient (Wildman–Crippen LogP) is 20.9. The predicted molar refractivity (Wildman–Crippen MR) is 334 cm³/mol. The third-order valence-corrected chi connectivity index (χ3v) is 11.9. The molecule has 1 atom stereocenters. The van der Waals surface area contributed by atoms with Gasteiger partial charge in [0.25, 0.3) is 0 Å². The molecule has 0 amide bonds. The summed E-state index contributed by atoms with van der Waals surface area (Å²) in [6.07, 6.45) is 94.6. The van der Waals surface area contributed by atoms with E-state index < -0.39 is 6.10 Å². The lowest BCUT2D eigenvalue weighted by molar-refractivity contribution is -0.167. The molecule has 0 heterocycles. The van der Waals surface area contributed by atoms with E-state index in [2.05, 4.69) is 203 Å². The van der Waals surface area contributed by atoms with Gasteiger partial charge in [-0.3, -0.25) is 14.4 Å². The van der Waals surface area contributed by atoms with Crippen LogP contribution in [0, 0.1) is 0 Å². The Morgan fingerprint density at radius 1 is 0.260 bits per heavy atom. The van der Waals surface area contributed by atoms with Gasteiger partial charge in [-0.15, -0.1) is 0 Å². The number of carbonyl (C=O) groups is 3. The Balaban J connectivity index is 4.58. The Hall–Kier alpha value is -5.49. The highest BCUT2D eigenvalue weighted by molar-refractivity contribution is 5.71. The lowest BCUT2D eigenvalue weighted by Gasteiger charge is -2.18. The summed E-state index contributed by atoms with van der Waals surface area (Å²) < 4.78 is 16.8. The number of esters is 3. The fourth-order valence-corrected chi connectivity index (χ4v) is 7.47. The maximum absolute atomic E-state index is 12.9. The van der Waals surface area contributed by atoms with Gasteiger partial charge in [-0.1, -0.05) is 242 Å². The fourth-order valence-electron chi connectivity index (χ4n) is 7.47. The average molecular weight is 1060 g/mol. The standard InChI is InChI=1S/C71H108O6/c1-4-7-10-13-16-19-22-25-28-31-33-34-35-36-38-40-43-46-49-52-55-58-61-64-70(73)76-67-68(66-75-69(72)63-60-57-54-51-48-45-42-39-30-27-24-21-18-15-12-9-6-3)77-71(74)65-62-59-56-53-50-47-44-41-37-32-29-26-23-20-17-14-11-8-5-2/h7-12,16-21,25-30,33-34,36-38,41-42,45,47,50-51,54,68H,4-6,13-15,22-24,31-32,35,39-40,43-44,46,48-49,52-53,55-67H2,1-3H3/b10-7-,11-8-,12-9-,19-16-,20-17-,21-18-,28-25-,29-26-,30-27-,34-33-,38-36-,41-37-,45-42-,50-47-,54-51-. The van der Waals surface area contributed by atoms with Crippen molar-refractivity contribution in [3.05, 3.63) is 182 Å². The van der Waals surface area contributed by atoms with Crippen molar-refractivity contribution in [1.29, 1.82) is 0 Å². The molecule has 0 saturated carbocycles. The molecule has 0 aliphatic heterocycles. The van der Waals surface area contributed by atoms with Crippen molar-refractivity contribution in [1.82, 2.24) is 0 Å². The van der Waals surface area contributed by atoms with Crippen molar-refractivity contribution in [2.24, 2.45) is 0 Å². The molecule has 0 fully saturated rings. The molecule has 0 rings (SSSR count). The molecule has 0 spiro atoms. The summed E-state index contributed by atoms with van der Waals surface area (Å²) in [4.78, 5) is 38.3. The number of hydrogen-bond donors (Lipinski definition) is 0. The largest absolute Gasteiger partial charge is 0.462 e. The SMILES string of the molecule is CC/C=C\C/C=C\C/C=C\C/C=C\C/C=C\CCCCCCCCCC(=O)OCC(COC(=O)CCC/C=C\C/C=C\C/C=C\C/C=C\C/C=C\CC)OC(=O)CCCCC/C=C\C/C=C\C/C=C\C/C=C\C/C=C\CC. The van der Waals surface area contributed by atoms with E-state index in [4.69, 9.17) is 14.2 Å². The minimum Gasteiger partial charge on any atom is -0.462 e. The zero-order chi connectivity index (χ0) is 55.7. The normalized spacial score (nSPS) is 13.4. The van der Waals surface area contributed by atoms with Crippen molar-refractivity contribution < 1.29 is 28.6 Å². The molecule has 0 aromatic heterocycles. The molecule has 0 aliphatic carbocycles. The van der Waals surface area contributed by atoms with E-state index in [9.17, 15) is 14.4 Å². The van der Waals surface area contributed by atoms with Crippen LogP contribution in [0.5, 0.6) is 0 Å². The molecule has 6 heteroatoms. The van der Waals surface area contributed by atoms with Crippen molar-refractivity contribution in [2.45, 2.75) is 232 Å². The zero-order valence-electron chi connectivity index (χ0n) is 48.9. The highest BCUT2D eigenvalue weighted by Crippen LogP contribution is 2.13. The second kappa shape index (κ2) is 63.0. The van der Waals surface area contributed by atoms with Crippen LogP contribution in [0.1, 0.15) is 226 Å². The minimum absolute atomic E-state index is 0.125. The highest BCUT2D eigenvalue weighted by Gasteiger charge is 2.19. The summed E-state index contributed by atoms with van der Waals surface area (Å²) in [6, 6.07) is 0. The summed E-state index contributed by atoms with van der Waals surface area (Å²) >= 11 is 0. The number of allylic oxidation sites excluding steroid dienone is 30. The Morgan fingerprint density at radius 2 is 0.481 bits per heavy atom. The zero-order valence-corrected chi connectivity index (χ0v) is 48.9. The summed E-state index contributed by atoms with van der Waals surface area (Å²) in [5.74, 6) is -1.04. The van der Waals surface area contributed by atoms with Gasteiger partial charge in [0.1, 0.15) is 13.2 Å². The van der Waals surface area contributed by atoms with Gasteiger partial charge in [0.2, 0.25) is 0 Å². The molecule has 6 nitrogen and oxygen atoms in total. The second-order valence-corrected chi connectivity index (χ2v) is 19.1. The third-order valence-electron chi connectivity index (χ3n) is 11.9. The van der Waals surface area contributed by atoms with Gasteiger partial charge in [-0.25, -0.2) is 0 Å².